The number of nitrogens with zero attached hydrogens (tertiary/aromatic N) is 1. The van der Waals surface area contributed by atoms with Gasteiger partial charge in [-0.2, -0.15) is 0 Å². The van der Waals surface area contributed by atoms with Gasteiger partial charge in [0.1, 0.15) is 13.2 Å². The normalized spacial score (nSPS) is 10.3. The Morgan fingerprint density at radius 1 is 1.29 bits per heavy atom. The number of carbonyl (C=O) groups is 2. The van der Waals surface area contributed by atoms with Crippen molar-refractivity contribution in [3.63, 3.8) is 0 Å². The third kappa shape index (κ3) is 4.37. The van der Waals surface area contributed by atoms with Crippen LogP contribution >= 0.6 is 11.3 Å². The Morgan fingerprint density at radius 2 is 2.00 bits per heavy atom. The first kappa shape index (κ1) is 15.1. The van der Waals surface area contributed by atoms with Crippen LogP contribution in [0.25, 0.3) is 11.3 Å². The van der Waals surface area contributed by atoms with Crippen LogP contribution in [0.15, 0.2) is 30.3 Å². The molecule has 1 aromatic heterocycles. The number of aromatic nitrogens is 1. The summed E-state index contributed by atoms with van der Waals surface area (Å²) in [5, 5.41) is 11.5. The smallest absolute Gasteiger partial charge is 0.329 e. The van der Waals surface area contributed by atoms with E-state index < -0.39 is 18.5 Å². The third-order valence-electron chi connectivity index (χ3n) is 2.55. The summed E-state index contributed by atoms with van der Waals surface area (Å²) in [4.78, 5) is 27.2. The number of ether oxygens (including phenoxy) is 1. The van der Waals surface area contributed by atoms with E-state index in [0.29, 0.717) is 5.13 Å². The van der Waals surface area contributed by atoms with Crippen molar-refractivity contribution in [2.45, 2.75) is 6.92 Å². The number of thiazole rings is 1. The highest BCUT2D eigenvalue weighted by Crippen LogP contribution is 2.29. The molecule has 0 aliphatic carbocycles. The van der Waals surface area contributed by atoms with E-state index >= 15 is 0 Å². The molecule has 2 rings (SSSR count). The molecule has 21 heavy (non-hydrogen) atoms. The van der Waals surface area contributed by atoms with Crippen molar-refractivity contribution in [2.24, 2.45) is 0 Å². The average Bonchev–Trinajstić information content (AvgIpc) is 2.80. The lowest BCUT2D eigenvalue weighted by atomic mass is 10.1. The maximum absolute atomic E-state index is 11.6. The van der Waals surface area contributed by atoms with Crippen LogP contribution in [0.2, 0.25) is 0 Å². The van der Waals surface area contributed by atoms with Gasteiger partial charge >= 0.3 is 5.97 Å². The minimum atomic E-state index is -1.11. The van der Waals surface area contributed by atoms with Crippen molar-refractivity contribution in [3.8, 4) is 11.3 Å². The van der Waals surface area contributed by atoms with Crippen LogP contribution in [0.4, 0.5) is 5.13 Å². The van der Waals surface area contributed by atoms with Crippen molar-refractivity contribution in [1.82, 2.24) is 4.98 Å². The highest BCUT2D eigenvalue weighted by molar-refractivity contribution is 7.16. The summed E-state index contributed by atoms with van der Waals surface area (Å²) in [6.07, 6.45) is 0. The lowest BCUT2D eigenvalue weighted by molar-refractivity contribution is -0.143. The van der Waals surface area contributed by atoms with Gasteiger partial charge in [-0.15, -0.1) is 11.3 Å². The molecule has 0 spiro atoms. The molecule has 2 aromatic rings. The minimum absolute atomic E-state index is 0.314. The number of aryl methyl sites for hydroxylation is 1. The number of hydrogen-bond acceptors (Lipinski definition) is 5. The summed E-state index contributed by atoms with van der Waals surface area (Å²) >= 11 is 1.36. The summed E-state index contributed by atoms with van der Waals surface area (Å²) in [5.41, 5.74) is 1.80. The largest absolute Gasteiger partial charge is 0.480 e. The lowest BCUT2D eigenvalue weighted by Crippen LogP contribution is -2.20. The van der Waals surface area contributed by atoms with Crippen molar-refractivity contribution in [1.29, 1.82) is 0 Å². The van der Waals surface area contributed by atoms with E-state index in [1.165, 1.54) is 11.3 Å². The first-order chi connectivity index (χ1) is 10.1. The Hall–Kier alpha value is -2.25. The van der Waals surface area contributed by atoms with Gasteiger partial charge in [0.05, 0.1) is 5.69 Å². The minimum Gasteiger partial charge on any atom is -0.480 e. The predicted octanol–water partition coefficient (Wildman–Crippen LogP) is 2.16. The Kier molecular flexibility index (Phi) is 5.02. The van der Waals surface area contributed by atoms with Crippen LogP contribution in [0.1, 0.15) is 4.88 Å². The average molecular weight is 306 g/mol. The lowest BCUT2D eigenvalue weighted by Gasteiger charge is -2.01. The number of anilines is 1. The number of carboxylic acids is 1. The molecule has 6 nitrogen and oxygen atoms in total. The van der Waals surface area contributed by atoms with Crippen LogP contribution < -0.4 is 5.32 Å². The molecule has 0 unspecified atom stereocenters. The van der Waals surface area contributed by atoms with Crippen LogP contribution in [0.5, 0.6) is 0 Å². The Labute approximate surface area is 125 Å². The van der Waals surface area contributed by atoms with Gasteiger partial charge < -0.3 is 9.84 Å². The fourth-order valence-electron chi connectivity index (χ4n) is 1.70. The predicted molar refractivity (Wildman–Crippen MR) is 79.4 cm³/mol. The zero-order valence-electron chi connectivity index (χ0n) is 11.3. The molecule has 1 aromatic carbocycles. The Morgan fingerprint density at radius 3 is 2.67 bits per heavy atom. The molecule has 1 amide bonds. The Bertz CT molecular complexity index is 640. The van der Waals surface area contributed by atoms with E-state index in [2.05, 4.69) is 10.3 Å². The number of carboxylic acid groups (broad SMARTS) is 1. The van der Waals surface area contributed by atoms with Gasteiger partial charge in [-0.25, -0.2) is 9.78 Å². The second-order valence-electron chi connectivity index (χ2n) is 4.22. The zero-order valence-corrected chi connectivity index (χ0v) is 12.1. The number of amides is 1. The van der Waals surface area contributed by atoms with Gasteiger partial charge in [0.2, 0.25) is 0 Å². The summed E-state index contributed by atoms with van der Waals surface area (Å²) in [6, 6.07) is 9.67. The third-order valence-corrected chi connectivity index (χ3v) is 3.44. The van der Waals surface area contributed by atoms with Crippen LogP contribution in [-0.4, -0.2) is 35.2 Å². The SMILES string of the molecule is Cc1sc(NC(=O)COCC(=O)O)nc1-c1ccccc1. The van der Waals surface area contributed by atoms with E-state index in [-0.39, 0.29) is 6.61 Å². The van der Waals surface area contributed by atoms with Crippen molar-refractivity contribution < 1.29 is 19.4 Å². The van der Waals surface area contributed by atoms with Gasteiger partial charge in [-0.3, -0.25) is 10.1 Å². The number of benzene rings is 1. The van der Waals surface area contributed by atoms with Crippen molar-refractivity contribution in [2.75, 3.05) is 18.5 Å². The zero-order chi connectivity index (χ0) is 15.2. The summed E-state index contributed by atoms with van der Waals surface area (Å²) < 4.78 is 4.72. The number of rotatable bonds is 6. The first-order valence-corrected chi connectivity index (χ1v) is 7.00. The van der Waals surface area contributed by atoms with Gasteiger partial charge in [0, 0.05) is 10.4 Å². The highest BCUT2D eigenvalue weighted by atomic mass is 32.1. The molecular weight excluding hydrogens is 292 g/mol. The fourth-order valence-corrected chi connectivity index (χ4v) is 2.55. The van der Waals surface area contributed by atoms with E-state index in [4.69, 9.17) is 9.84 Å². The molecule has 2 N–H and O–H groups in total. The number of carbonyl (C=O) groups excluding carboxylic acids is 1. The first-order valence-electron chi connectivity index (χ1n) is 6.18. The van der Waals surface area contributed by atoms with Crippen LogP contribution in [0, 0.1) is 6.92 Å². The van der Waals surface area contributed by atoms with Gasteiger partial charge in [0.15, 0.2) is 5.13 Å². The molecule has 0 atom stereocenters. The van der Waals surface area contributed by atoms with Crippen LogP contribution in [0.3, 0.4) is 0 Å². The van der Waals surface area contributed by atoms with Gasteiger partial charge in [-0.1, -0.05) is 30.3 Å². The summed E-state index contributed by atoms with van der Waals surface area (Å²) in [5.74, 6) is -1.54. The maximum atomic E-state index is 11.6. The molecule has 0 saturated heterocycles. The topological polar surface area (TPSA) is 88.5 Å². The number of nitrogens with one attached hydrogen (secondary N) is 1. The fraction of sp³-hybridized carbons (Fsp3) is 0.214. The second kappa shape index (κ2) is 6.96. The van der Waals surface area contributed by atoms with Gasteiger partial charge in [0.25, 0.3) is 5.91 Å². The Balaban J connectivity index is 1.99. The van der Waals surface area contributed by atoms with E-state index in [9.17, 15) is 9.59 Å². The standard InChI is InChI=1S/C14H14N2O4S/c1-9-13(10-5-3-2-4-6-10)16-14(21-9)15-11(17)7-20-8-12(18)19/h2-6H,7-8H2,1H3,(H,18,19)(H,15,16,17). The molecule has 0 aliphatic heterocycles. The molecule has 7 heteroatoms. The van der Waals surface area contributed by atoms with Crippen LogP contribution in [-0.2, 0) is 14.3 Å². The molecule has 110 valence electrons. The number of aliphatic carboxylic acids is 1. The molecule has 0 fully saturated rings. The molecule has 1 heterocycles. The highest BCUT2D eigenvalue weighted by Gasteiger charge is 2.12. The van der Waals surface area contributed by atoms with Crippen molar-refractivity contribution >= 4 is 28.3 Å². The van der Waals surface area contributed by atoms with Crippen molar-refractivity contribution in [3.05, 3.63) is 35.2 Å². The van der Waals surface area contributed by atoms with Gasteiger partial charge in [-0.05, 0) is 6.92 Å². The molecule has 0 radical (unpaired) electrons. The monoisotopic (exact) mass is 306 g/mol. The molecule has 0 aliphatic rings. The van der Waals surface area contributed by atoms with E-state index in [0.717, 1.165) is 16.1 Å². The maximum Gasteiger partial charge on any atom is 0.329 e. The summed E-state index contributed by atoms with van der Waals surface area (Å²) in [6.45, 7) is 1.11. The van der Waals surface area contributed by atoms with E-state index in [1.807, 2.05) is 37.3 Å². The quantitative estimate of drug-likeness (QED) is 0.853. The number of hydrogen-bond donors (Lipinski definition) is 2. The van der Waals surface area contributed by atoms with E-state index in [1.54, 1.807) is 0 Å². The molecular formula is C14H14N2O4S. The summed E-state index contributed by atoms with van der Waals surface area (Å²) in [7, 11) is 0. The molecule has 0 saturated carbocycles. The second-order valence-corrected chi connectivity index (χ2v) is 5.43. The molecule has 0 bridgehead atoms.